The molecule has 0 aromatic heterocycles. The summed E-state index contributed by atoms with van der Waals surface area (Å²) in [5, 5.41) is 3.01. The van der Waals surface area contributed by atoms with E-state index in [-0.39, 0.29) is 11.8 Å². The number of ether oxygens (including phenoxy) is 1. The summed E-state index contributed by atoms with van der Waals surface area (Å²) in [6, 6.07) is 12.0. The molecule has 0 radical (unpaired) electrons. The van der Waals surface area contributed by atoms with Gasteiger partial charge in [0.2, 0.25) is 5.91 Å². The second-order valence-corrected chi connectivity index (χ2v) is 8.17. The number of carbonyl (C=O) groups excluding carboxylic acids is 2. The number of likely N-dealkylation sites (tertiary alicyclic amines) is 1. The molecule has 2 aromatic carbocycles. The highest BCUT2D eigenvalue weighted by atomic mass is 16.5. The van der Waals surface area contributed by atoms with Gasteiger partial charge in [0.05, 0.1) is 6.42 Å². The van der Waals surface area contributed by atoms with Gasteiger partial charge >= 0.3 is 0 Å². The maximum Gasteiger partial charge on any atom is 0.263 e. The van der Waals surface area contributed by atoms with E-state index < -0.39 is 6.10 Å². The molecule has 2 aromatic rings. The van der Waals surface area contributed by atoms with Crippen LogP contribution in [-0.4, -0.2) is 36.4 Å². The smallest absolute Gasteiger partial charge is 0.263 e. The number of likely N-dealkylation sites (N-methyl/N-ethyl adjacent to an activating group) is 1. The first kappa shape index (κ1) is 19.5. The van der Waals surface area contributed by atoms with Gasteiger partial charge in [-0.1, -0.05) is 18.2 Å². The van der Waals surface area contributed by atoms with Crippen LogP contribution in [0.15, 0.2) is 36.4 Å². The van der Waals surface area contributed by atoms with Crippen molar-refractivity contribution < 1.29 is 14.3 Å². The molecule has 1 N–H and O–H groups in total. The molecule has 5 heteroatoms. The minimum absolute atomic E-state index is 0.0186. The lowest BCUT2D eigenvalue weighted by Gasteiger charge is -2.17. The molecule has 5 nitrogen and oxygen atoms in total. The van der Waals surface area contributed by atoms with Crippen LogP contribution in [0.3, 0.4) is 0 Å². The fourth-order valence-corrected chi connectivity index (χ4v) is 4.19. The second-order valence-electron chi connectivity index (χ2n) is 8.17. The first-order valence-electron chi connectivity index (χ1n) is 10.4. The molecule has 1 aliphatic heterocycles. The third-order valence-corrected chi connectivity index (χ3v) is 5.91. The first-order valence-corrected chi connectivity index (χ1v) is 10.4. The minimum Gasteiger partial charge on any atom is -0.481 e. The number of hydrogen-bond acceptors (Lipinski definition) is 3. The van der Waals surface area contributed by atoms with Crippen molar-refractivity contribution in [3.63, 3.8) is 0 Å². The molecule has 0 bridgehead atoms. The zero-order chi connectivity index (χ0) is 20.4. The lowest BCUT2D eigenvalue weighted by Crippen LogP contribution is -2.29. The third-order valence-electron chi connectivity index (χ3n) is 5.91. The average molecular weight is 392 g/mol. The van der Waals surface area contributed by atoms with Crippen molar-refractivity contribution in [3.8, 4) is 5.75 Å². The van der Waals surface area contributed by atoms with Gasteiger partial charge in [-0.15, -0.1) is 0 Å². The molecule has 29 heavy (non-hydrogen) atoms. The Bertz CT molecular complexity index is 938. The molecule has 1 saturated heterocycles. The molecule has 2 aliphatic rings. The summed E-state index contributed by atoms with van der Waals surface area (Å²) in [5.41, 5.74) is 5.57. The lowest BCUT2D eigenvalue weighted by molar-refractivity contribution is -0.132. The van der Waals surface area contributed by atoms with E-state index in [9.17, 15) is 9.59 Å². The number of aryl methyl sites for hydroxylation is 3. The number of anilines is 1. The standard InChI is InChI=1S/C24H28N2O3/c1-16-13-20(29-22-11-12-26(2)24(22)28)9-10-21(16)25-23(27)15-17-7-8-18-5-3-4-6-19(18)14-17/h7-10,13-14,22H,3-6,11-12,15H2,1-2H3,(H,25,27)/t22-/m1/s1. The zero-order valence-corrected chi connectivity index (χ0v) is 17.2. The van der Waals surface area contributed by atoms with E-state index in [1.165, 1.54) is 24.0 Å². The van der Waals surface area contributed by atoms with Crippen molar-refractivity contribution >= 4 is 17.5 Å². The molecule has 152 valence electrons. The summed E-state index contributed by atoms with van der Waals surface area (Å²) >= 11 is 0. The molecule has 1 atom stereocenters. The van der Waals surface area contributed by atoms with E-state index in [0.29, 0.717) is 18.6 Å². The van der Waals surface area contributed by atoms with Crippen LogP contribution in [0.25, 0.3) is 0 Å². The Balaban J connectivity index is 1.37. The summed E-state index contributed by atoms with van der Waals surface area (Å²) < 4.78 is 5.84. The van der Waals surface area contributed by atoms with Gasteiger partial charge in [-0.3, -0.25) is 9.59 Å². The molecular formula is C24H28N2O3. The molecule has 1 fully saturated rings. The summed E-state index contributed by atoms with van der Waals surface area (Å²) in [7, 11) is 1.79. The number of benzene rings is 2. The van der Waals surface area contributed by atoms with E-state index in [4.69, 9.17) is 4.74 Å². The highest BCUT2D eigenvalue weighted by molar-refractivity contribution is 5.93. The van der Waals surface area contributed by atoms with Gasteiger partial charge in [0, 0.05) is 25.7 Å². The van der Waals surface area contributed by atoms with Gasteiger partial charge in [-0.2, -0.15) is 0 Å². The van der Waals surface area contributed by atoms with Crippen LogP contribution >= 0.6 is 0 Å². The average Bonchev–Trinajstić information content (AvgIpc) is 3.02. The van der Waals surface area contributed by atoms with Crippen LogP contribution in [0.4, 0.5) is 5.69 Å². The van der Waals surface area contributed by atoms with Crippen molar-refractivity contribution in [1.29, 1.82) is 0 Å². The maximum atomic E-state index is 12.6. The highest BCUT2D eigenvalue weighted by Gasteiger charge is 2.30. The Kier molecular flexibility index (Phi) is 5.56. The number of amides is 2. The van der Waals surface area contributed by atoms with Crippen molar-refractivity contribution in [2.24, 2.45) is 0 Å². The summed E-state index contributed by atoms with van der Waals surface area (Å²) in [4.78, 5) is 26.3. The highest BCUT2D eigenvalue weighted by Crippen LogP contribution is 2.25. The van der Waals surface area contributed by atoms with E-state index in [1.807, 2.05) is 25.1 Å². The Morgan fingerprint density at radius 2 is 1.93 bits per heavy atom. The van der Waals surface area contributed by atoms with Gasteiger partial charge in [0.25, 0.3) is 5.91 Å². The second kappa shape index (κ2) is 8.27. The zero-order valence-electron chi connectivity index (χ0n) is 17.2. The van der Waals surface area contributed by atoms with Gasteiger partial charge in [0.1, 0.15) is 5.75 Å². The van der Waals surface area contributed by atoms with Crippen molar-refractivity contribution in [3.05, 3.63) is 58.7 Å². The molecular weight excluding hydrogens is 364 g/mol. The molecule has 1 aliphatic carbocycles. The number of fused-ring (bicyclic) bond motifs is 1. The fraction of sp³-hybridized carbons (Fsp3) is 0.417. The Morgan fingerprint density at radius 1 is 1.14 bits per heavy atom. The Labute approximate surface area is 172 Å². The first-order chi connectivity index (χ1) is 14.0. The normalized spacial score (nSPS) is 18.5. The van der Waals surface area contributed by atoms with E-state index >= 15 is 0 Å². The summed E-state index contributed by atoms with van der Waals surface area (Å²) in [5.74, 6) is 0.652. The van der Waals surface area contributed by atoms with Crippen molar-refractivity contribution in [2.45, 2.75) is 51.6 Å². The summed E-state index contributed by atoms with van der Waals surface area (Å²) in [6.07, 6.45) is 5.42. The molecule has 0 spiro atoms. The molecule has 0 unspecified atom stereocenters. The number of nitrogens with one attached hydrogen (secondary N) is 1. The van der Waals surface area contributed by atoms with Crippen LogP contribution in [-0.2, 0) is 28.9 Å². The monoisotopic (exact) mass is 392 g/mol. The fourth-order valence-electron chi connectivity index (χ4n) is 4.19. The minimum atomic E-state index is -0.413. The predicted molar refractivity (Wildman–Crippen MR) is 113 cm³/mol. The van der Waals surface area contributed by atoms with Crippen LogP contribution < -0.4 is 10.1 Å². The number of carbonyl (C=O) groups is 2. The van der Waals surface area contributed by atoms with Gasteiger partial charge in [-0.05, 0) is 73.1 Å². The quantitative estimate of drug-likeness (QED) is 0.845. The van der Waals surface area contributed by atoms with Gasteiger partial charge in [-0.25, -0.2) is 0 Å². The molecule has 2 amide bonds. The van der Waals surface area contributed by atoms with Crippen LogP contribution in [0.2, 0.25) is 0 Å². The van der Waals surface area contributed by atoms with Crippen molar-refractivity contribution in [2.75, 3.05) is 18.9 Å². The van der Waals surface area contributed by atoms with Gasteiger partial charge in [0.15, 0.2) is 6.10 Å². The molecule has 4 rings (SSSR count). The van der Waals surface area contributed by atoms with E-state index in [2.05, 4.69) is 23.5 Å². The third kappa shape index (κ3) is 4.44. The van der Waals surface area contributed by atoms with Crippen LogP contribution in [0.1, 0.15) is 41.5 Å². The number of hydrogen-bond donors (Lipinski definition) is 1. The van der Waals surface area contributed by atoms with Crippen molar-refractivity contribution in [1.82, 2.24) is 4.90 Å². The number of nitrogens with zero attached hydrogens (tertiary/aromatic N) is 1. The molecule has 1 heterocycles. The number of rotatable bonds is 5. The van der Waals surface area contributed by atoms with E-state index in [0.717, 1.165) is 36.2 Å². The largest absolute Gasteiger partial charge is 0.481 e. The maximum absolute atomic E-state index is 12.6. The molecule has 0 saturated carbocycles. The van der Waals surface area contributed by atoms with Crippen LogP contribution in [0.5, 0.6) is 5.75 Å². The predicted octanol–water partition coefficient (Wildman–Crippen LogP) is 3.66. The topological polar surface area (TPSA) is 58.6 Å². The Hall–Kier alpha value is -2.82. The Morgan fingerprint density at radius 3 is 2.66 bits per heavy atom. The van der Waals surface area contributed by atoms with Gasteiger partial charge < -0.3 is 15.0 Å². The van der Waals surface area contributed by atoms with Crippen LogP contribution in [0, 0.1) is 6.92 Å². The SMILES string of the molecule is Cc1cc(O[C@@H]2CCN(C)C2=O)ccc1NC(=O)Cc1ccc2c(c1)CCCC2. The van der Waals surface area contributed by atoms with E-state index in [1.54, 1.807) is 11.9 Å². The summed E-state index contributed by atoms with van der Waals surface area (Å²) in [6.45, 7) is 2.66. The lowest BCUT2D eigenvalue weighted by atomic mass is 9.90.